The highest BCUT2D eigenvalue weighted by Crippen LogP contribution is 2.32. The second-order valence-corrected chi connectivity index (χ2v) is 5.70. The van der Waals surface area contributed by atoms with Crippen LogP contribution < -0.4 is 5.32 Å². The zero-order chi connectivity index (χ0) is 14.7. The molecule has 108 valence electrons. The molecule has 0 spiro atoms. The maximum Gasteiger partial charge on any atom is 0.263 e. The summed E-state index contributed by atoms with van der Waals surface area (Å²) in [5, 5.41) is 4.24. The van der Waals surface area contributed by atoms with E-state index in [2.05, 4.69) is 24.1 Å². The molecule has 2 aromatic rings. The third-order valence-corrected chi connectivity index (χ3v) is 4.53. The molecule has 2 rings (SSSR count). The number of rotatable bonds is 5. The van der Waals surface area contributed by atoms with Crippen LogP contribution in [0.5, 0.6) is 0 Å². The Morgan fingerprint density at radius 2 is 1.90 bits per heavy atom. The van der Waals surface area contributed by atoms with Crippen LogP contribution in [0, 0.1) is 6.92 Å². The molecule has 1 atom stereocenters. The fraction of sp³-hybridized carbons (Fsp3) is 0.400. The van der Waals surface area contributed by atoms with Gasteiger partial charge in [-0.15, -0.1) is 11.3 Å². The minimum Gasteiger partial charge on any atom is -0.310 e. The smallest absolute Gasteiger partial charge is 0.263 e. The van der Waals surface area contributed by atoms with Crippen molar-refractivity contribution >= 4 is 11.3 Å². The molecule has 1 aromatic carbocycles. The molecule has 0 aliphatic heterocycles. The first-order valence-corrected chi connectivity index (χ1v) is 7.43. The lowest BCUT2D eigenvalue weighted by Crippen LogP contribution is -2.17. The number of aromatic nitrogens is 1. The van der Waals surface area contributed by atoms with Crippen molar-refractivity contribution in [3.8, 4) is 10.6 Å². The Bertz CT molecular complexity index is 564. The van der Waals surface area contributed by atoms with Crippen LogP contribution >= 0.6 is 11.3 Å². The van der Waals surface area contributed by atoms with Crippen LogP contribution in [0.3, 0.4) is 0 Å². The minimum absolute atomic E-state index is 0.0447. The molecule has 1 heterocycles. The topological polar surface area (TPSA) is 24.9 Å². The highest BCUT2D eigenvalue weighted by Gasteiger charge is 2.15. The zero-order valence-corrected chi connectivity index (χ0v) is 12.6. The van der Waals surface area contributed by atoms with E-state index < -0.39 is 6.43 Å². The van der Waals surface area contributed by atoms with E-state index in [4.69, 9.17) is 0 Å². The van der Waals surface area contributed by atoms with E-state index in [-0.39, 0.29) is 11.6 Å². The fourth-order valence-electron chi connectivity index (χ4n) is 2.10. The summed E-state index contributed by atoms with van der Waals surface area (Å²) in [7, 11) is 0. The summed E-state index contributed by atoms with van der Waals surface area (Å²) in [6.45, 7) is 7.05. The second-order valence-electron chi connectivity index (χ2n) is 4.67. The number of hydrogen-bond donors (Lipinski definition) is 1. The molecule has 0 saturated carbocycles. The molecular weight excluding hydrogens is 278 g/mol. The molecule has 0 fully saturated rings. The summed E-state index contributed by atoms with van der Waals surface area (Å²) in [6, 6.07) is 6.60. The van der Waals surface area contributed by atoms with Crippen LogP contribution in [0.1, 0.15) is 42.4 Å². The van der Waals surface area contributed by atoms with Crippen molar-refractivity contribution in [2.24, 2.45) is 0 Å². The third kappa shape index (κ3) is 3.22. The van der Waals surface area contributed by atoms with E-state index in [0.29, 0.717) is 0 Å². The van der Waals surface area contributed by atoms with Gasteiger partial charge in [-0.2, -0.15) is 0 Å². The number of hydrogen-bond acceptors (Lipinski definition) is 3. The van der Waals surface area contributed by atoms with Gasteiger partial charge in [-0.3, -0.25) is 0 Å². The Kier molecular flexibility index (Phi) is 4.83. The van der Waals surface area contributed by atoms with Crippen molar-refractivity contribution in [3.63, 3.8) is 0 Å². The van der Waals surface area contributed by atoms with Crippen LogP contribution in [0.4, 0.5) is 8.78 Å². The molecule has 0 saturated heterocycles. The first kappa shape index (κ1) is 15.1. The molecule has 1 N–H and O–H groups in total. The second kappa shape index (κ2) is 6.41. The van der Waals surface area contributed by atoms with E-state index in [9.17, 15) is 8.78 Å². The molecule has 0 amide bonds. The van der Waals surface area contributed by atoms with Gasteiger partial charge in [0.15, 0.2) is 0 Å². The average Bonchev–Trinajstić information content (AvgIpc) is 2.81. The summed E-state index contributed by atoms with van der Waals surface area (Å²) in [5.74, 6) is 0. The molecule has 1 unspecified atom stereocenters. The summed E-state index contributed by atoms with van der Waals surface area (Å²) in [6.07, 6.45) is -2.42. The first-order chi connectivity index (χ1) is 9.52. The number of benzene rings is 1. The lowest BCUT2D eigenvalue weighted by molar-refractivity contribution is 0.151. The van der Waals surface area contributed by atoms with Gasteiger partial charge in [-0.1, -0.05) is 31.2 Å². The van der Waals surface area contributed by atoms with Gasteiger partial charge in [0.25, 0.3) is 6.43 Å². The highest BCUT2D eigenvalue weighted by molar-refractivity contribution is 7.15. The van der Waals surface area contributed by atoms with E-state index >= 15 is 0 Å². The lowest BCUT2D eigenvalue weighted by atomic mass is 10.1. The molecule has 1 aromatic heterocycles. The number of alkyl halides is 2. The van der Waals surface area contributed by atoms with Gasteiger partial charge in [-0.25, -0.2) is 13.8 Å². The third-order valence-electron chi connectivity index (χ3n) is 3.15. The molecular formula is C15H18F2N2S. The van der Waals surface area contributed by atoms with Crippen LogP contribution in [0.15, 0.2) is 24.3 Å². The predicted molar refractivity (Wildman–Crippen MR) is 79.3 cm³/mol. The molecule has 0 aliphatic carbocycles. The Hall–Kier alpha value is -1.33. The van der Waals surface area contributed by atoms with Gasteiger partial charge in [-0.05, 0) is 20.4 Å². The van der Waals surface area contributed by atoms with Gasteiger partial charge >= 0.3 is 0 Å². The molecule has 0 bridgehead atoms. The van der Waals surface area contributed by atoms with Crippen LogP contribution in [-0.4, -0.2) is 11.5 Å². The summed E-state index contributed by atoms with van der Waals surface area (Å²) in [4.78, 5) is 5.74. The fourth-order valence-corrected chi connectivity index (χ4v) is 3.20. The molecule has 2 nitrogen and oxygen atoms in total. The van der Waals surface area contributed by atoms with Gasteiger partial charge < -0.3 is 5.32 Å². The number of thiazole rings is 1. The van der Waals surface area contributed by atoms with Gasteiger partial charge in [0.1, 0.15) is 5.01 Å². The van der Waals surface area contributed by atoms with E-state index in [1.807, 2.05) is 6.92 Å². The maximum atomic E-state index is 12.5. The first-order valence-electron chi connectivity index (χ1n) is 6.62. The van der Waals surface area contributed by atoms with Crippen molar-refractivity contribution in [3.05, 3.63) is 40.4 Å². The van der Waals surface area contributed by atoms with Crippen LogP contribution in [0.2, 0.25) is 0 Å². The summed E-state index contributed by atoms with van der Waals surface area (Å²) in [5.41, 5.74) is 1.93. The number of nitrogens with zero attached hydrogens (tertiary/aromatic N) is 1. The van der Waals surface area contributed by atoms with E-state index in [1.54, 1.807) is 23.5 Å². The van der Waals surface area contributed by atoms with Gasteiger partial charge in [0, 0.05) is 22.0 Å². The largest absolute Gasteiger partial charge is 0.310 e. The van der Waals surface area contributed by atoms with Crippen molar-refractivity contribution < 1.29 is 8.78 Å². The number of nitrogens with one attached hydrogen (secondary N) is 1. The zero-order valence-electron chi connectivity index (χ0n) is 11.8. The minimum atomic E-state index is -2.42. The van der Waals surface area contributed by atoms with Gasteiger partial charge in [0.05, 0.1) is 5.69 Å². The average molecular weight is 296 g/mol. The highest BCUT2D eigenvalue weighted by atomic mass is 32.1. The Labute approximate surface area is 121 Å². The SMILES string of the molecule is CCNC(C)c1sc(-c2ccc(C(F)F)cc2)nc1C. The maximum absolute atomic E-state index is 12.5. The predicted octanol–water partition coefficient (Wildman–Crippen LogP) is 4.73. The van der Waals surface area contributed by atoms with Crippen molar-refractivity contribution in [2.75, 3.05) is 6.54 Å². The summed E-state index contributed by atoms with van der Waals surface area (Å²) < 4.78 is 25.1. The molecule has 20 heavy (non-hydrogen) atoms. The standard InChI is InChI=1S/C15H18F2N2S/c1-4-18-9(2)13-10(3)19-15(20-13)12-7-5-11(6-8-12)14(16)17/h5-9,14,18H,4H2,1-3H3. The lowest BCUT2D eigenvalue weighted by Gasteiger charge is -2.09. The van der Waals surface area contributed by atoms with Crippen molar-refractivity contribution in [1.29, 1.82) is 0 Å². The van der Waals surface area contributed by atoms with E-state index in [1.165, 1.54) is 17.0 Å². The Morgan fingerprint density at radius 1 is 1.25 bits per heavy atom. The molecule has 0 radical (unpaired) electrons. The number of aryl methyl sites for hydroxylation is 1. The van der Waals surface area contributed by atoms with E-state index in [0.717, 1.165) is 22.8 Å². The van der Waals surface area contributed by atoms with Gasteiger partial charge in [0.2, 0.25) is 0 Å². The number of halogens is 2. The Balaban J connectivity index is 2.27. The summed E-state index contributed by atoms with van der Waals surface area (Å²) >= 11 is 1.61. The van der Waals surface area contributed by atoms with Crippen molar-refractivity contribution in [1.82, 2.24) is 10.3 Å². The monoisotopic (exact) mass is 296 g/mol. The molecule has 5 heteroatoms. The normalized spacial score (nSPS) is 12.9. The Morgan fingerprint density at radius 3 is 2.45 bits per heavy atom. The van der Waals surface area contributed by atoms with Crippen molar-refractivity contribution in [2.45, 2.75) is 33.2 Å². The quantitative estimate of drug-likeness (QED) is 0.863. The van der Waals surface area contributed by atoms with Crippen LogP contribution in [0.25, 0.3) is 10.6 Å². The van der Waals surface area contributed by atoms with Crippen LogP contribution in [-0.2, 0) is 0 Å². The molecule has 0 aliphatic rings.